The van der Waals surface area contributed by atoms with E-state index in [-0.39, 0.29) is 11.8 Å². The van der Waals surface area contributed by atoms with E-state index in [1.807, 2.05) is 29.0 Å². The van der Waals surface area contributed by atoms with Gasteiger partial charge in [0.2, 0.25) is 0 Å². The van der Waals surface area contributed by atoms with E-state index >= 15 is 0 Å². The van der Waals surface area contributed by atoms with Crippen LogP contribution in [-0.2, 0) is 17.8 Å². The molecule has 0 saturated carbocycles. The number of carbonyl (C=O) groups is 1. The Bertz CT molecular complexity index is 1030. The van der Waals surface area contributed by atoms with Gasteiger partial charge in [-0.2, -0.15) is 0 Å². The Morgan fingerprint density at radius 1 is 1.16 bits per heavy atom. The van der Waals surface area contributed by atoms with Gasteiger partial charge in [0.25, 0.3) is 0 Å². The molecule has 1 aromatic heterocycles. The van der Waals surface area contributed by atoms with Crippen molar-refractivity contribution in [3.8, 4) is 0 Å². The van der Waals surface area contributed by atoms with E-state index in [1.165, 1.54) is 12.1 Å². The van der Waals surface area contributed by atoms with E-state index in [9.17, 15) is 9.18 Å². The van der Waals surface area contributed by atoms with Gasteiger partial charge in [0.15, 0.2) is 0 Å². The maximum absolute atomic E-state index is 13.6. The highest BCUT2D eigenvalue weighted by Crippen LogP contribution is 2.29. The molecule has 3 aromatic rings. The summed E-state index contributed by atoms with van der Waals surface area (Å²) in [6.45, 7) is 1.90. The molecule has 31 heavy (non-hydrogen) atoms. The fourth-order valence-electron chi connectivity index (χ4n) is 3.22. The molecule has 0 aliphatic carbocycles. The molecule has 1 heterocycles. The average molecular weight is 464 g/mol. The molecule has 3 rings (SSSR count). The summed E-state index contributed by atoms with van der Waals surface area (Å²) in [6.07, 6.45) is 2.59. The Hall–Kier alpha value is -2.54. The number of hydrogen-bond donors (Lipinski definition) is 1. The van der Waals surface area contributed by atoms with Gasteiger partial charge in [0.1, 0.15) is 5.82 Å². The van der Waals surface area contributed by atoms with Crippen molar-refractivity contribution in [1.29, 1.82) is 0 Å². The molecule has 0 fully saturated rings. The summed E-state index contributed by atoms with van der Waals surface area (Å²) in [5.41, 5.74) is 2.22. The molecule has 0 saturated heterocycles. The van der Waals surface area contributed by atoms with Gasteiger partial charge in [0, 0.05) is 38.7 Å². The molecule has 5 nitrogen and oxygen atoms in total. The standard InChI is InChI=1S/C23H24Cl2FN3O2/c1-31-13-5-12-29(23(30)27-21-10-3-9-20(24)22(21)25)16-19-8-4-11-28(19)15-17-6-2-7-18(26)14-17/h2-4,6-11,14H,5,12-13,15-16H2,1H3,(H,27,30). The molecule has 0 aliphatic rings. The fraction of sp³-hybridized carbons (Fsp3) is 0.261. The van der Waals surface area contributed by atoms with Crippen LogP contribution >= 0.6 is 23.2 Å². The lowest BCUT2D eigenvalue weighted by Gasteiger charge is -2.24. The number of nitrogens with zero attached hydrogens (tertiary/aromatic N) is 2. The predicted molar refractivity (Wildman–Crippen MR) is 122 cm³/mol. The zero-order valence-corrected chi connectivity index (χ0v) is 18.7. The molecule has 2 amide bonds. The lowest BCUT2D eigenvalue weighted by atomic mass is 10.2. The van der Waals surface area contributed by atoms with E-state index in [0.717, 1.165) is 11.3 Å². The SMILES string of the molecule is COCCCN(Cc1cccn1Cc1cccc(F)c1)C(=O)Nc1cccc(Cl)c1Cl. The zero-order valence-electron chi connectivity index (χ0n) is 17.2. The lowest BCUT2D eigenvalue weighted by Crippen LogP contribution is -2.36. The van der Waals surface area contributed by atoms with E-state index < -0.39 is 0 Å². The van der Waals surface area contributed by atoms with Crippen molar-refractivity contribution < 1.29 is 13.9 Å². The largest absolute Gasteiger partial charge is 0.385 e. The Labute approximate surface area is 191 Å². The fourth-order valence-corrected chi connectivity index (χ4v) is 3.57. The summed E-state index contributed by atoms with van der Waals surface area (Å²) < 4.78 is 20.7. The van der Waals surface area contributed by atoms with Crippen LogP contribution in [0.2, 0.25) is 10.0 Å². The topological polar surface area (TPSA) is 46.5 Å². The van der Waals surface area contributed by atoms with Crippen molar-refractivity contribution in [2.24, 2.45) is 0 Å². The van der Waals surface area contributed by atoms with Gasteiger partial charge in [-0.15, -0.1) is 0 Å². The molecule has 0 spiro atoms. The molecular weight excluding hydrogens is 440 g/mol. The van der Waals surface area contributed by atoms with Gasteiger partial charge >= 0.3 is 6.03 Å². The first kappa shape index (κ1) is 23.1. The number of aromatic nitrogens is 1. The molecule has 8 heteroatoms. The van der Waals surface area contributed by atoms with Crippen LogP contribution < -0.4 is 5.32 Å². The number of nitrogens with one attached hydrogen (secondary N) is 1. The lowest BCUT2D eigenvalue weighted by molar-refractivity contribution is 0.171. The van der Waals surface area contributed by atoms with Crippen LogP contribution in [0.4, 0.5) is 14.9 Å². The normalized spacial score (nSPS) is 10.8. The summed E-state index contributed by atoms with van der Waals surface area (Å²) in [5.74, 6) is -0.273. The van der Waals surface area contributed by atoms with Crippen LogP contribution in [0.15, 0.2) is 60.8 Å². The molecule has 0 unspecified atom stereocenters. The maximum Gasteiger partial charge on any atom is 0.322 e. The van der Waals surface area contributed by atoms with E-state index in [0.29, 0.717) is 48.4 Å². The number of hydrogen-bond acceptors (Lipinski definition) is 2. The third-order valence-corrected chi connectivity index (χ3v) is 5.59. The quantitative estimate of drug-likeness (QED) is 0.392. The van der Waals surface area contributed by atoms with E-state index in [4.69, 9.17) is 27.9 Å². The number of amides is 2. The Kier molecular flexibility index (Phi) is 8.35. The van der Waals surface area contributed by atoms with E-state index in [1.54, 1.807) is 36.3 Å². The van der Waals surface area contributed by atoms with Crippen LogP contribution in [-0.4, -0.2) is 35.8 Å². The van der Waals surface area contributed by atoms with Crippen LogP contribution in [0.1, 0.15) is 17.7 Å². The van der Waals surface area contributed by atoms with Gasteiger partial charge in [-0.25, -0.2) is 9.18 Å². The highest BCUT2D eigenvalue weighted by Gasteiger charge is 2.17. The van der Waals surface area contributed by atoms with Crippen molar-refractivity contribution >= 4 is 34.9 Å². The van der Waals surface area contributed by atoms with Gasteiger partial charge in [-0.3, -0.25) is 0 Å². The van der Waals surface area contributed by atoms with Crippen molar-refractivity contribution in [1.82, 2.24) is 9.47 Å². The number of anilines is 1. The summed E-state index contributed by atoms with van der Waals surface area (Å²) in [7, 11) is 1.63. The number of ether oxygens (including phenoxy) is 1. The Morgan fingerprint density at radius 3 is 2.74 bits per heavy atom. The zero-order chi connectivity index (χ0) is 22.2. The van der Waals surface area contributed by atoms with Crippen LogP contribution in [0.5, 0.6) is 0 Å². The van der Waals surface area contributed by atoms with Crippen LogP contribution in [0, 0.1) is 5.82 Å². The molecular formula is C23H24Cl2FN3O2. The number of urea groups is 1. The molecule has 164 valence electrons. The van der Waals surface area contributed by atoms with Crippen molar-refractivity contribution in [2.75, 3.05) is 25.6 Å². The molecule has 0 bridgehead atoms. The number of carbonyl (C=O) groups excluding carboxylic acids is 1. The molecule has 1 N–H and O–H groups in total. The summed E-state index contributed by atoms with van der Waals surface area (Å²) in [4.78, 5) is 14.7. The van der Waals surface area contributed by atoms with Crippen molar-refractivity contribution in [2.45, 2.75) is 19.5 Å². The molecule has 0 radical (unpaired) electrons. The van der Waals surface area contributed by atoms with E-state index in [2.05, 4.69) is 5.32 Å². The molecule has 0 atom stereocenters. The highest BCUT2D eigenvalue weighted by molar-refractivity contribution is 6.43. The minimum Gasteiger partial charge on any atom is -0.385 e. The van der Waals surface area contributed by atoms with Crippen molar-refractivity contribution in [3.63, 3.8) is 0 Å². The summed E-state index contributed by atoms with van der Waals surface area (Å²) >= 11 is 12.3. The molecule has 0 aliphatic heterocycles. The smallest absolute Gasteiger partial charge is 0.322 e. The monoisotopic (exact) mass is 463 g/mol. The third kappa shape index (κ3) is 6.47. The van der Waals surface area contributed by atoms with Crippen LogP contribution in [0.3, 0.4) is 0 Å². The first-order chi connectivity index (χ1) is 15.0. The first-order valence-electron chi connectivity index (χ1n) is 9.85. The highest BCUT2D eigenvalue weighted by atomic mass is 35.5. The minimum atomic E-state index is -0.293. The summed E-state index contributed by atoms with van der Waals surface area (Å²) in [5, 5.41) is 3.50. The molecule has 2 aromatic carbocycles. The Balaban J connectivity index is 1.76. The maximum atomic E-state index is 13.6. The second-order valence-corrected chi connectivity index (χ2v) is 7.84. The van der Waals surface area contributed by atoms with Crippen LogP contribution in [0.25, 0.3) is 0 Å². The van der Waals surface area contributed by atoms with Gasteiger partial charge in [0.05, 0.1) is 22.3 Å². The number of methoxy groups -OCH3 is 1. The third-order valence-electron chi connectivity index (χ3n) is 4.78. The first-order valence-corrected chi connectivity index (χ1v) is 10.6. The van der Waals surface area contributed by atoms with Gasteiger partial charge in [-0.1, -0.05) is 41.4 Å². The second-order valence-electron chi connectivity index (χ2n) is 7.06. The summed E-state index contributed by atoms with van der Waals surface area (Å²) in [6, 6.07) is 15.1. The predicted octanol–water partition coefficient (Wildman–Crippen LogP) is 6.05. The van der Waals surface area contributed by atoms with Crippen molar-refractivity contribution in [3.05, 3.63) is 87.9 Å². The number of halogens is 3. The number of benzene rings is 2. The van der Waals surface area contributed by atoms with Gasteiger partial charge < -0.3 is 19.5 Å². The number of rotatable bonds is 9. The average Bonchev–Trinajstić information content (AvgIpc) is 3.17. The second kappa shape index (κ2) is 11.2. The Morgan fingerprint density at radius 2 is 1.97 bits per heavy atom. The minimum absolute atomic E-state index is 0.273. The van der Waals surface area contributed by atoms with Gasteiger partial charge in [-0.05, 0) is 48.4 Å².